The third kappa shape index (κ3) is 6.03. The van der Waals surface area contributed by atoms with Crippen molar-refractivity contribution in [1.82, 2.24) is 0 Å². The molecule has 2 atom stereocenters. The lowest BCUT2D eigenvalue weighted by Gasteiger charge is -2.27. The van der Waals surface area contributed by atoms with Gasteiger partial charge in [0.05, 0.1) is 18.3 Å². The van der Waals surface area contributed by atoms with Gasteiger partial charge in [-0.25, -0.2) is 8.42 Å². The molecule has 116 valence electrons. The lowest BCUT2D eigenvalue weighted by atomic mass is 9.85. The van der Waals surface area contributed by atoms with Crippen LogP contribution in [0.15, 0.2) is 0 Å². The highest BCUT2D eigenvalue weighted by atomic mass is 32.2. The molecule has 0 spiro atoms. The molecule has 0 aromatic heterocycles. The summed E-state index contributed by atoms with van der Waals surface area (Å²) in [5.41, 5.74) is 0. The zero-order chi connectivity index (χ0) is 15.2. The first kappa shape index (κ1) is 17.1. The number of ketones is 1. The number of hydrogen-bond acceptors (Lipinski definition) is 5. The van der Waals surface area contributed by atoms with E-state index in [0.29, 0.717) is 25.9 Å². The molecule has 0 saturated heterocycles. The van der Waals surface area contributed by atoms with Crippen LogP contribution < -0.4 is 0 Å². The normalized spacial score (nSPS) is 23.3. The highest BCUT2D eigenvalue weighted by Crippen LogP contribution is 2.31. The van der Waals surface area contributed by atoms with Gasteiger partial charge in [-0.1, -0.05) is 6.42 Å². The Balaban J connectivity index is 2.36. The molecule has 0 bridgehead atoms. The van der Waals surface area contributed by atoms with E-state index in [-0.39, 0.29) is 35.8 Å². The monoisotopic (exact) mass is 304 g/mol. The Morgan fingerprint density at radius 3 is 2.50 bits per heavy atom. The average molecular weight is 304 g/mol. The quantitative estimate of drug-likeness (QED) is 0.671. The molecule has 1 rings (SSSR count). The van der Waals surface area contributed by atoms with E-state index in [9.17, 15) is 18.0 Å². The van der Waals surface area contributed by atoms with Crippen LogP contribution in [0, 0.1) is 5.92 Å². The maximum atomic E-state index is 11.8. The van der Waals surface area contributed by atoms with Crippen LogP contribution in [0.3, 0.4) is 0 Å². The van der Waals surface area contributed by atoms with Gasteiger partial charge in [0.2, 0.25) is 0 Å². The van der Waals surface area contributed by atoms with Crippen molar-refractivity contribution in [3.63, 3.8) is 0 Å². The molecular weight excluding hydrogens is 280 g/mol. The van der Waals surface area contributed by atoms with Crippen LogP contribution in [0.5, 0.6) is 0 Å². The first-order valence-electron chi connectivity index (χ1n) is 7.19. The van der Waals surface area contributed by atoms with Gasteiger partial charge in [-0.2, -0.15) is 0 Å². The topological polar surface area (TPSA) is 77.5 Å². The van der Waals surface area contributed by atoms with Gasteiger partial charge >= 0.3 is 5.97 Å². The number of Topliss-reactive ketones (excluding diaryl/α,β-unsaturated/α-hetero) is 1. The summed E-state index contributed by atoms with van der Waals surface area (Å²) in [6, 6.07) is 0. The van der Waals surface area contributed by atoms with Crippen LogP contribution in [0.1, 0.15) is 51.9 Å². The maximum Gasteiger partial charge on any atom is 0.306 e. The number of carbonyl (C=O) groups excluding carboxylic acids is 2. The van der Waals surface area contributed by atoms with Crippen molar-refractivity contribution in [1.29, 1.82) is 0 Å². The summed E-state index contributed by atoms with van der Waals surface area (Å²) in [4.78, 5) is 23.0. The smallest absolute Gasteiger partial charge is 0.306 e. The summed E-state index contributed by atoms with van der Waals surface area (Å²) in [6.07, 6.45) is 4.99. The van der Waals surface area contributed by atoms with Crippen LogP contribution in [0.2, 0.25) is 0 Å². The summed E-state index contributed by atoms with van der Waals surface area (Å²) in [5, 5.41) is -0.306. The zero-order valence-electron chi connectivity index (χ0n) is 12.3. The van der Waals surface area contributed by atoms with Gasteiger partial charge in [-0.3, -0.25) is 9.59 Å². The van der Waals surface area contributed by atoms with Gasteiger partial charge in [-0.05, 0) is 32.1 Å². The molecule has 6 heteroatoms. The van der Waals surface area contributed by atoms with Crippen LogP contribution in [-0.4, -0.2) is 38.3 Å². The molecule has 0 aliphatic heterocycles. The number of carbonyl (C=O) groups is 2. The predicted octanol–water partition coefficient (Wildman–Crippen LogP) is 1.89. The highest BCUT2D eigenvalue weighted by molar-refractivity contribution is 7.91. The third-order valence-corrected chi connectivity index (χ3v) is 5.41. The summed E-state index contributed by atoms with van der Waals surface area (Å²) in [5.74, 6) is -0.186. The van der Waals surface area contributed by atoms with Crippen LogP contribution >= 0.6 is 0 Å². The van der Waals surface area contributed by atoms with Crippen LogP contribution in [-0.2, 0) is 24.2 Å². The summed E-state index contributed by atoms with van der Waals surface area (Å²) >= 11 is 0. The lowest BCUT2D eigenvalue weighted by molar-refractivity contribution is -0.144. The molecule has 20 heavy (non-hydrogen) atoms. The second-order valence-electron chi connectivity index (χ2n) is 5.53. The van der Waals surface area contributed by atoms with Gasteiger partial charge in [0.25, 0.3) is 0 Å². The van der Waals surface area contributed by atoms with Crippen molar-refractivity contribution in [3.05, 3.63) is 0 Å². The lowest BCUT2D eigenvalue weighted by Crippen LogP contribution is -2.28. The Labute approximate surface area is 121 Å². The SMILES string of the molecule is CCOC(=O)CCC(=O)CC1CCCC(S(C)(=O)=O)C1. The molecule has 2 unspecified atom stereocenters. The Morgan fingerprint density at radius 1 is 1.20 bits per heavy atom. The molecule has 0 N–H and O–H groups in total. The Hall–Kier alpha value is -0.910. The van der Waals surface area contributed by atoms with Gasteiger partial charge < -0.3 is 4.74 Å². The van der Waals surface area contributed by atoms with Crippen molar-refractivity contribution in [2.45, 2.75) is 57.1 Å². The van der Waals surface area contributed by atoms with E-state index in [1.165, 1.54) is 6.26 Å². The van der Waals surface area contributed by atoms with Crippen molar-refractivity contribution >= 4 is 21.6 Å². The molecule has 1 aliphatic rings. The van der Waals surface area contributed by atoms with Crippen LogP contribution in [0.25, 0.3) is 0 Å². The Morgan fingerprint density at radius 2 is 1.90 bits per heavy atom. The van der Waals surface area contributed by atoms with E-state index in [4.69, 9.17) is 4.74 Å². The van der Waals surface area contributed by atoms with Gasteiger partial charge in [0.1, 0.15) is 15.6 Å². The largest absolute Gasteiger partial charge is 0.466 e. The molecule has 1 saturated carbocycles. The zero-order valence-corrected chi connectivity index (χ0v) is 13.1. The molecule has 1 fully saturated rings. The fraction of sp³-hybridized carbons (Fsp3) is 0.857. The molecular formula is C14H24O5S. The molecule has 0 heterocycles. The Bertz CT molecular complexity index is 440. The number of sulfone groups is 1. The molecule has 0 aromatic rings. The third-order valence-electron chi connectivity index (χ3n) is 3.77. The minimum absolute atomic E-state index is 0.0252. The van der Waals surface area contributed by atoms with Crippen molar-refractivity contribution in [3.8, 4) is 0 Å². The van der Waals surface area contributed by atoms with E-state index >= 15 is 0 Å². The summed E-state index contributed by atoms with van der Waals surface area (Å²) in [6.45, 7) is 2.05. The van der Waals surface area contributed by atoms with E-state index in [0.717, 1.165) is 12.8 Å². The molecule has 0 radical (unpaired) electrons. The molecule has 0 aromatic carbocycles. The van der Waals surface area contributed by atoms with E-state index in [2.05, 4.69) is 0 Å². The number of hydrogen-bond donors (Lipinski definition) is 0. The number of esters is 1. The minimum Gasteiger partial charge on any atom is -0.466 e. The average Bonchev–Trinajstić information content (AvgIpc) is 2.36. The first-order chi connectivity index (χ1) is 9.32. The minimum atomic E-state index is -3.01. The van der Waals surface area contributed by atoms with Crippen molar-refractivity contribution < 1.29 is 22.7 Å². The van der Waals surface area contributed by atoms with E-state index in [1.54, 1.807) is 6.92 Å². The second-order valence-corrected chi connectivity index (χ2v) is 7.86. The highest BCUT2D eigenvalue weighted by Gasteiger charge is 2.29. The Kier molecular flexibility index (Phi) is 6.65. The van der Waals surface area contributed by atoms with Gasteiger partial charge in [0.15, 0.2) is 0 Å². The fourth-order valence-electron chi connectivity index (χ4n) is 2.71. The molecule has 5 nitrogen and oxygen atoms in total. The number of rotatable bonds is 7. The van der Waals surface area contributed by atoms with E-state index in [1.807, 2.05) is 0 Å². The molecule has 0 amide bonds. The summed E-state index contributed by atoms with van der Waals surface area (Å²) in [7, 11) is -3.01. The van der Waals surface area contributed by atoms with Gasteiger partial charge in [0, 0.05) is 19.1 Å². The molecule has 1 aliphatic carbocycles. The van der Waals surface area contributed by atoms with E-state index < -0.39 is 9.84 Å². The first-order valence-corrected chi connectivity index (χ1v) is 9.14. The maximum absolute atomic E-state index is 11.8. The van der Waals surface area contributed by atoms with Crippen molar-refractivity contribution in [2.24, 2.45) is 5.92 Å². The predicted molar refractivity (Wildman–Crippen MR) is 76.1 cm³/mol. The van der Waals surface area contributed by atoms with Crippen molar-refractivity contribution in [2.75, 3.05) is 12.9 Å². The second kappa shape index (κ2) is 7.76. The fourth-order valence-corrected chi connectivity index (χ4v) is 3.93. The summed E-state index contributed by atoms with van der Waals surface area (Å²) < 4.78 is 27.9. The van der Waals surface area contributed by atoms with Gasteiger partial charge in [-0.15, -0.1) is 0 Å². The van der Waals surface area contributed by atoms with Crippen LogP contribution in [0.4, 0.5) is 0 Å². The number of ether oxygens (including phenoxy) is 1. The standard InChI is InChI=1S/C14H24O5S/c1-3-19-14(16)8-7-12(15)9-11-5-4-6-13(10-11)20(2,17)18/h11,13H,3-10H2,1-2H3.